The van der Waals surface area contributed by atoms with Crippen LogP contribution in [0.3, 0.4) is 0 Å². The van der Waals surface area contributed by atoms with Gasteiger partial charge in [-0.15, -0.1) is 0 Å². The second-order valence-corrected chi connectivity index (χ2v) is 6.40. The standard InChI is InChI=1S/C21H22N2O2/c1-13-10-14(2)12-17(11-13)25-16(4)21(24)23-19-8-7-15(3)20-18(19)6-5-9-22-20/h5-12,16H,1-4H3,(H,23,24). The second kappa shape index (κ2) is 6.93. The zero-order valence-electron chi connectivity index (χ0n) is 15.0. The predicted octanol–water partition coefficient (Wildman–Crippen LogP) is 4.57. The lowest BCUT2D eigenvalue weighted by Gasteiger charge is -2.16. The molecule has 128 valence electrons. The third-order valence-electron chi connectivity index (χ3n) is 4.11. The van der Waals surface area contributed by atoms with E-state index >= 15 is 0 Å². The van der Waals surface area contributed by atoms with E-state index in [1.807, 2.05) is 57.2 Å². The van der Waals surface area contributed by atoms with Gasteiger partial charge in [0.2, 0.25) is 0 Å². The molecule has 1 aromatic heterocycles. The molecule has 0 saturated carbocycles. The van der Waals surface area contributed by atoms with Crippen LogP contribution in [0.5, 0.6) is 5.75 Å². The summed E-state index contributed by atoms with van der Waals surface area (Å²) in [6.45, 7) is 7.78. The minimum absolute atomic E-state index is 0.187. The van der Waals surface area contributed by atoms with Crippen LogP contribution in [0.2, 0.25) is 0 Å². The molecule has 1 heterocycles. The number of hydrogen-bond acceptors (Lipinski definition) is 3. The summed E-state index contributed by atoms with van der Waals surface area (Å²) in [4.78, 5) is 17.0. The lowest BCUT2D eigenvalue weighted by Crippen LogP contribution is -2.30. The number of carbonyl (C=O) groups excluding carboxylic acids is 1. The van der Waals surface area contributed by atoms with E-state index in [0.717, 1.165) is 33.3 Å². The first kappa shape index (κ1) is 17.0. The molecule has 1 atom stereocenters. The van der Waals surface area contributed by atoms with Crippen LogP contribution >= 0.6 is 0 Å². The zero-order chi connectivity index (χ0) is 18.0. The first-order valence-corrected chi connectivity index (χ1v) is 8.34. The molecule has 25 heavy (non-hydrogen) atoms. The van der Waals surface area contributed by atoms with Crippen molar-refractivity contribution in [2.45, 2.75) is 33.8 Å². The van der Waals surface area contributed by atoms with Crippen molar-refractivity contribution in [3.05, 3.63) is 65.4 Å². The van der Waals surface area contributed by atoms with Gasteiger partial charge in [-0.05, 0) is 74.7 Å². The van der Waals surface area contributed by atoms with Crippen LogP contribution in [0.4, 0.5) is 5.69 Å². The molecule has 2 aromatic carbocycles. The number of rotatable bonds is 4. The van der Waals surface area contributed by atoms with Crippen molar-refractivity contribution in [1.29, 1.82) is 0 Å². The Balaban J connectivity index is 1.79. The molecule has 0 spiro atoms. The average molecular weight is 334 g/mol. The van der Waals surface area contributed by atoms with Crippen LogP contribution in [-0.4, -0.2) is 17.0 Å². The number of carbonyl (C=O) groups is 1. The third-order valence-corrected chi connectivity index (χ3v) is 4.11. The molecule has 4 nitrogen and oxygen atoms in total. The normalized spacial score (nSPS) is 12.0. The third kappa shape index (κ3) is 3.79. The molecular weight excluding hydrogens is 312 g/mol. The highest BCUT2D eigenvalue weighted by molar-refractivity contribution is 6.03. The van der Waals surface area contributed by atoms with Crippen molar-refractivity contribution in [1.82, 2.24) is 4.98 Å². The lowest BCUT2D eigenvalue weighted by molar-refractivity contribution is -0.122. The molecule has 0 aliphatic rings. The lowest BCUT2D eigenvalue weighted by atomic mass is 10.1. The number of hydrogen-bond donors (Lipinski definition) is 1. The molecule has 1 unspecified atom stereocenters. The maximum atomic E-state index is 12.6. The Labute approximate surface area is 147 Å². The quantitative estimate of drug-likeness (QED) is 0.760. The summed E-state index contributed by atoms with van der Waals surface area (Å²) in [5.41, 5.74) is 4.93. The summed E-state index contributed by atoms with van der Waals surface area (Å²) >= 11 is 0. The Hall–Kier alpha value is -2.88. The van der Waals surface area contributed by atoms with Crippen LogP contribution in [0, 0.1) is 20.8 Å². The molecule has 1 amide bonds. The molecular formula is C21H22N2O2. The van der Waals surface area contributed by atoms with E-state index in [9.17, 15) is 4.79 Å². The van der Waals surface area contributed by atoms with Gasteiger partial charge in [0.1, 0.15) is 5.75 Å². The fraction of sp³-hybridized carbons (Fsp3) is 0.238. The van der Waals surface area contributed by atoms with E-state index < -0.39 is 6.10 Å². The topological polar surface area (TPSA) is 51.2 Å². The van der Waals surface area contributed by atoms with Gasteiger partial charge in [-0.3, -0.25) is 9.78 Å². The summed E-state index contributed by atoms with van der Waals surface area (Å²) in [7, 11) is 0. The van der Waals surface area contributed by atoms with E-state index in [0.29, 0.717) is 5.75 Å². The van der Waals surface area contributed by atoms with E-state index in [4.69, 9.17) is 4.74 Å². The first-order chi connectivity index (χ1) is 11.9. The van der Waals surface area contributed by atoms with Gasteiger partial charge in [0.15, 0.2) is 6.10 Å². The number of fused-ring (bicyclic) bond motifs is 1. The zero-order valence-corrected chi connectivity index (χ0v) is 15.0. The van der Waals surface area contributed by atoms with E-state index in [-0.39, 0.29) is 5.91 Å². The fourth-order valence-electron chi connectivity index (χ4n) is 2.92. The van der Waals surface area contributed by atoms with E-state index in [1.54, 1.807) is 13.1 Å². The van der Waals surface area contributed by atoms with Crippen molar-refractivity contribution >= 4 is 22.5 Å². The highest BCUT2D eigenvalue weighted by atomic mass is 16.5. The summed E-state index contributed by atoms with van der Waals surface area (Å²) < 4.78 is 5.82. The van der Waals surface area contributed by atoms with Gasteiger partial charge in [0.25, 0.3) is 5.91 Å². The number of nitrogens with one attached hydrogen (secondary N) is 1. The second-order valence-electron chi connectivity index (χ2n) is 6.40. The van der Waals surface area contributed by atoms with Crippen LogP contribution in [0.1, 0.15) is 23.6 Å². The van der Waals surface area contributed by atoms with Crippen LogP contribution < -0.4 is 10.1 Å². The van der Waals surface area contributed by atoms with Gasteiger partial charge in [0, 0.05) is 11.6 Å². The summed E-state index contributed by atoms with van der Waals surface area (Å²) in [6, 6.07) is 13.6. The minimum atomic E-state index is -0.603. The molecule has 3 aromatic rings. The molecule has 1 N–H and O–H groups in total. The maximum Gasteiger partial charge on any atom is 0.265 e. The molecule has 0 saturated heterocycles. The summed E-state index contributed by atoms with van der Waals surface area (Å²) in [6.07, 6.45) is 1.15. The van der Waals surface area contributed by atoms with Gasteiger partial charge in [-0.25, -0.2) is 0 Å². The number of anilines is 1. The number of ether oxygens (including phenoxy) is 1. The van der Waals surface area contributed by atoms with Crippen LogP contribution in [0.25, 0.3) is 10.9 Å². The SMILES string of the molecule is Cc1cc(C)cc(OC(C)C(=O)Nc2ccc(C)c3ncccc23)c1. The van der Waals surface area contributed by atoms with Crippen LogP contribution in [-0.2, 0) is 4.79 Å². The molecule has 0 radical (unpaired) electrons. The number of pyridine rings is 1. The fourth-order valence-corrected chi connectivity index (χ4v) is 2.92. The van der Waals surface area contributed by atoms with Crippen molar-refractivity contribution < 1.29 is 9.53 Å². The van der Waals surface area contributed by atoms with Gasteiger partial charge >= 0.3 is 0 Å². The number of nitrogens with zero attached hydrogens (tertiary/aromatic N) is 1. The molecule has 4 heteroatoms. The highest BCUT2D eigenvalue weighted by Crippen LogP contribution is 2.25. The van der Waals surface area contributed by atoms with E-state index in [2.05, 4.69) is 16.4 Å². The highest BCUT2D eigenvalue weighted by Gasteiger charge is 2.16. The van der Waals surface area contributed by atoms with Gasteiger partial charge < -0.3 is 10.1 Å². The Morgan fingerprint density at radius 2 is 1.80 bits per heavy atom. The predicted molar refractivity (Wildman–Crippen MR) is 101 cm³/mol. The van der Waals surface area contributed by atoms with Crippen LogP contribution in [0.15, 0.2) is 48.7 Å². The summed E-state index contributed by atoms with van der Waals surface area (Å²) in [5.74, 6) is 0.517. The Morgan fingerprint density at radius 1 is 1.08 bits per heavy atom. The molecule has 3 rings (SSSR count). The number of benzene rings is 2. The van der Waals surface area contributed by atoms with Gasteiger partial charge in [-0.1, -0.05) is 12.1 Å². The van der Waals surface area contributed by atoms with Gasteiger partial charge in [-0.2, -0.15) is 0 Å². The Morgan fingerprint density at radius 3 is 2.52 bits per heavy atom. The number of aromatic nitrogens is 1. The van der Waals surface area contributed by atoms with Crippen molar-refractivity contribution in [3.8, 4) is 5.75 Å². The monoisotopic (exact) mass is 334 g/mol. The molecule has 0 bridgehead atoms. The largest absolute Gasteiger partial charge is 0.481 e. The first-order valence-electron chi connectivity index (χ1n) is 8.34. The molecule has 0 aliphatic carbocycles. The van der Waals surface area contributed by atoms with E-state index in [1.165, 1.54) is 0 Å². The number of aryl methyl sites for hydroxylation is 3. The maximum absolute atomic E-state index is 12.6. The smallest absolute Gasteiger partial charge is 0.265 e. The molecule has 0 aliphatic heterocycles. The Bertz CT molecular complexity index is 914. The van der Waals surface area contributed by atoms with Gasteiger partial charge in [0.05, 0.1) is 11.2 Å². The molecule has 0 fully saturated rings. The minimum Gasteiger partial charge on any atom is -0.481 e. The van der Waals surface area contributed by atoms with Crippen molar-refractivity contribution in [3.63, 3.8) is 0 Å². The van der Waals surface area contributed by atoms with Crippen molar-refractivity contribution in [2.24, 2.45) is 0 Å². The average Bonchev–Trinajstić information content (AvgIpc) is 2.56. The summed E-state index contributed by atoms with van der Waals surface area (Å²) in [5, 5.41) is 3.88. The van der Waals surface area contributed by atoms with Crippen molar-refractivity contribution in [2.75, 3.05) is 5.32 Å². The Kier molecular flexibility index (Phi) is 4.70. The number of amides is 1.